The molecule has 1 fully saturated rings. The van der Waals surface area contributed by atoms with E-state index in [9.17, 15) is 0 Å². The topological polar surface area (TPSA) is 19.4 Å². The molecule has 1 aromatic heterocycles. The molecule has 1 aliphatic heterocycles. The highest BCUT2D eigenvalue weighted by Gasteiger charge is 2.13. The van der Waals surface area contributed by atoms with Crippen LogP contribution in [0.4, 0.5) is 0 Å². The Kier molecular flexibility index (Phi) is 3.34. The Labute approximate surface area is 91.7 Å². The molecule has 3 heteroatoms. The van der Waals surface area contributed by atoms with Crippen LogP contribution < -0.4 is 0 Å². The van der Waals surface area contributed by atoms with Gasteiger partial charge in [-0.2, -0.15) is 0 Å². The average molecular weight is 205 g/mol. The number of aromatic nitrogens is 1. The van der Waals surface area contributed by atoms with Crippen LogP contribution in [0.2, 0.25) is 0 Å². The van der Waals surface area contributed by atoms with Gasteiger partial charge in [-0.15, -0.1) is 0 Å². The second-order valence-electron chi connectivity index (χ2n) is 4.41. The van der Waals surface area contributed by atoms with Crippen LogP contribution in [0, 0.1) is 6.92 Å². The van der Waals surface area contributed by atoms with Gasteiger partial charge in [0.05, 0.1) is 5.69 Å². The van der Waals surface area contributed by atoms with E-state index in [-0.39, 0.29) is 0 Å². The van der Waals surface area contributed by atoms with E-state index in [2.05, 4.69) is 40.9 Å². The molecule has 0 aliphatic carbocycles. The summed E-state index contributed by atoms with van der Waals surface area (Å²) in [4.78, 5) is 9.28. The summed E-state index contributed by atoms with van der Waals surface area (Å²) in [6.45, 7) is 7.73. The van der Waals surface area contributed by atoms with Crippen LogP contribution in [0.3, 0.4) is 0 Å². The zero-order valence-corrected chi connectivity index (χ0v) is 9.61. The average Bonchev–Trinajstić information content (AvgIpc) is 2.25. The van der Waals surface area contributed by atoms with E-state index < -0.39 is 0 Å². The molecule has 2 rings (SSSR count). The molecule has 1 aromatic rings. The highest BCUT2D eigenvalue weighted by molar-refractivity contribution is 5.12. The maximum Gasteiger partial charge on any atom is 0.0544 e. The SMILES string of the molecule is Cc1ccc(CN2CCN(C)CC2)nc1. The van der Waals surface area contributed by atoms with Gasteiger partial charge < -0.3 is 4.90 Å². The maximum absolute atomic E-state index is 4.44. The monoisotopic (exact) mass is 205 g/mol. The second-order valence-corrected chi connectivity index (χ2v) is 4.41. The summed E-state index contributed by atoms with van der Waals surface area (Å²) in [6, 6.07) is 4.27. The lowest BCUT2D eigenvalue weighted by atomic mass is 10.2. The Morgan fingerprint density at radius 1 is 1.20 bits per heavy atom. The lowest BCUT2D eigenvalue weighted by Crippen LogP contribution is -2.43. The molecule has 0 atom stereocenters. The van der Waals surface area contributed by atoms with Gasteiger partial charge in [0, 0.05) is 38.9 Å². The van der Waals surface area contributed by atoms with Gasteiger partial charge in [0.2, 0.25) is 0 Å². The molecule has 0 amide bonds. The molecule has 0 spiro atoms. The van der Waals surface area contributed by atoms with Crippen molar-refractivity contribution in [2.24, 2.45) is 0 Å². The molecule has 1 aliphatic rings. The second kappa shape index (κ2) is 4.73. The predicted molar refractivity (Wildman–Crippen MR) is 61.7 cm³/mol. The Morgan fingerprint density at radius 3 is 2.53 bits per heavy atom. The van der Waals surface area contributed by atoms with Crippen LogP contribution in [0.1, 0.15) is 11.3 Å². The normalized spacial score (nSPS) is 19.3. The van der Waals surface area contributed by atoms with Crippen LogP contribution >= 0.6 is 0 Å². The highest BCUT2D eigenvalue weighted by atomic mass is 15.2. The van der Waals surface area contributed by atoms with Crippen molar-refractivity contribution in [1.29, 1.82) is 0 Å². The number of aryl methyl sites for hydroxylation is 1. The number of hydrogen-bond acceptors (Lipinski definition) is 3. The zero-order chi connectivity index (χ0) is 10.7. The van der Waals surface area contributed by atoms with E-state index in [0.29, 0.717) is 0 Å². The first-order chi connectivity index (χ1) is 7.24. The fourth-order valence-corrected chi connectivity index (χ4v) is 1.83. The molecular formula is C12H19N3. The molecule has 0 aromatic carbocycles. The van der Waals surface area contributed by atoms with Gasteiger partial charge >= 0.3 is 0 Å². The van der Waals surface area contributed by atoms with Gasteiger partial charge in [-0.05, 0) is 25.6 Å². The summed E-state index contributed by atoms with van der Waals surface area (Å²) in [5.41, 5.74) is 2.42. The Morgan fingerprint density at radius 2 is 1.93 bits per heavy atom. The minimum absolute atomic E-state index is 0.994. The van der Waals surface area contributed by atoms with E-state index in [1.165, 1.54) is 24.3 Å². The summed E-state index contributed by atoms with van der Waals surface area (Å²) in [6.07, 6.45) is 1.95. The van der Waals surface area contributed by atoms with Crippen LogP contribution in [-0.2, 0) is 6.54 Å². The van der Waals surface area contributed by atoms with Crippen molar-refractivity contribution in [1.82, 2.24) is 14.8 Å². The van der Waals surface area contributed by atoms with E-state index in [0.717, 1.165) is 19.6 Å². The van der Waals surface area contributed by atoms with Crippen LogP contribution in [0.25, 0.3) is 0 Å². The molecule has 0 bridgehead atoms. The summed E-state index contributed by atoms with van der Waals surface area (Å²) in [5.74, 6) is 0. The van der Waals surface area contributed by atoms with Gasteiger partial charge in [-0.3, -0.25) is 9.88 Å². The summed E-state index contributed by atoms with van der Waals surface area (Å²) in [7, 11) is 2.18. The van der Waals surface area contributed by atoms with E-state index in [1.54, 1.807) is 0 Å². The zero-order valence-electron chi connectivity index (χ0n) is 9.61. The van der Waals surface area contributed by atoms with Gasteiger partial charge in [0.25, 0.3) is 0 Å². The predicted octanol–water partition coefficient (Wildman–Crippen LogP) is 1.14. The Balaban J connectivity index is 1.89. The van der Waals surface area contributed by atoms with Gasteiger partial charge in [0.1, 0.15) is 0 Å². The van der Waals surface area contributed by atoms with Gasteiger partial charge in [0.15, 0.2) is 0 Å². The third-order valence-corrected chi connectivity index (χ3v) is 2.95. The number of rotatable bonds is 2. The van der Waals surface area contributed by atoms with Crippen molar-refractivity contribution in [3.8, 4) is 0 Å². The Hall–Kier alpha value is -0.930. The van der Waals surface area contributed by atoms with Crippen LogP contribution in [0.5, 0.6) is 0 Å². The molecule has 82 valence electrons. The Bertz CT molecular complexity index is 299. The lowest BCUT2D eigenvalue weighted by molar-refractivity contribution is 0.147. The largest absolute Gasteiger partial charge is 0.304 e. The van der Waals surface area contributed by atoms with E-state index in [4.69, 9.17) is 0 Å². The lowest BCUT2D eigenvalue weighted by Gasteiger charge is -2.32. The van der Waals surface area contributed by atoms with E-state index in [1.807, 2.05) is 6.20 Å². The highest BCUT2D eigenvalue weighted by Crippen LogP contribution is 2.06. The maximum atomic E-state index is 4.44. The van der Waals surface area contributed by atoms with Gasteiger partial charge in [-0.25, -0.2) is 0 Å². The van der Waals surface area contributed by atoms with Crippen molar-refractivity contribution >= 4 is 0 Å². The molecule has 0 saturated carbocycles. The fraction of sp³-hybridized carbons (Fsp3) is 0.583. The quantitative estimate of drug-likeness (QED) is 0.721. The van der Waals surface area contributed by atoms with Crippen molar-refractivity contribution in [2.45, 2.75) is 13.5 Å². The minimum Gasteiger partial charge on any atom is -0.304 e. The first-order valence-electron chi connectivity index (χ1n) is 5.56. The first-order valence-corrected chi connectivity index (χ1v) is 5.56. The smallest absolute Gasteiger partial charge is 0.0544 e. The molecule has 3 nitrogen and oxygen atoms in total. The number of hydrogen-bond donors (Lipinski definition) is 0. The minimum atomic E-state index is 0.994. The molecule has 2 heterocycles. The molecular weight excluding hydrogens is 186 g/mol. The molecule has 15 heavy (non-hydrogen) atoms. The van der Waals surface area contributed by atoms with E-state index >= 15 is 0 Å². The molecule has 0 radical (unpaired) electrons. The van der Waals surface area contributed by atoms with Crippen molar-refractivity contribution in [3.05, 3.63) is 29.6 Å². The number of piperazine rings is 1. The molecule has 1 saturated heterocycles. The van der Waals surface area contributed by atoms with Crippen LogP contribution in [-0.4, -0.2) is 48.0 Å². The standard InChI is InChI=1S/C12H19N3/c1-11-3-4-12(13-9-11)10-15-7-5-14(2)6-8-15/h3-4,9H,5-8,10H2,1-2H3. The summed E-state index contributed by atoms with van der Waals surface area (Å²) in [5, 5.41) is 0. The molecule has 0 unspecified atom stereocenters. The van der Waals surface area contributed by atoms with Crippen molar-refractivity contribution in [3.63, 3.8) is 0 Å². The van der Waals surface area contributed by atoms with Crippen molar-refractivity contribution in [2.75, 3.05) is 33.2 Å². The number of nitrogens with zero attached hydrogens (tertiary/aromatic N) is 3. The third-order valence-electron chi connectivity index (χ3n) is 2.95. The molecule has 0 N–H and O–H groups in total. The summed E-state index contributed by atoms with van der Waals surface area (Å²) >= 11 is 0. The fourth-order valence-electron chi connectivity index (χ4n) is 1.83. The van der Waals surface area contributed by atoms with Gasteiger partial charge in [-0.1, -0.05) is 6.07 Å². The first kappa shape index (κ1) is 10.6. The third kappa shape index (κ3) is 3.01. The number of likely N-dealkylation sites (N-methyl/N-ethyl adjacent to an activating group) is 1. The van der Waals surface area contributed by atoms with Crippen LogP contribution in [0.15, 0.2) is 18.3 Å². The summed E-state index contributed by atoms with van der Waals surface area (Å²) < 4.78 is 0. The number of pyridine rings is 1. The van der Waals surface area contributed by atoms with Crippen molar-refractivity contribution < 1.29 is 0 Å².